The lowest BCUT2D eigenvalue weighted by atomic mass is 10.0. The van der Waals surface area contributed by atoms with Crippen LogP contribution in [0.15, 0.2) is 60.1 Å². The molecule has 3 heterocycles. The van der Waals surface area contributed by atoms with Crippen molar-refractivity contribution in [3.63, 3.8) is 0 Å². The first-order valence-electron chi connectivity index (χ1n) is 9.60. The number of anilines is 2. The van der Waals surface area contributed by atoms with Crippen molar-refractivity contribution >= 4 is 57.5 Å². The van der Waals surface area contributed by atoms with E-state index < -0.39 is 0 Å². The summed E-state index contributed by atoms with van der Waals surface area (Å²) in [7, 11) is 0. The lowest BCUT2D eigenvalue weighted by Gasteiger charge is -2.27. The molecule has 8 heteroatoms. The number of thiophene rings is 1. The maximum absolute atomic E-state index is 12.0. The Morgan fingerprint density at radius 1 is 1.27 bits per heavy atom. The van der Waals surface area contributed by atoms with Crippen molar-refractivity contribution in [3.8, 4) is 0 Å². The van der Waals surface area contributed by atoms with E-state index in [2.05, 4.69) is 32.0 Å². The summed E-state index contributed by atoms with van der Waals surface area (Å²) in [5.74, 6) is -0.201. The third kappa shape index (κ3) is 4.05. The molecule has 1 saturated heterocycles. The van der Waals surface area contributed by atoms with Crippen LogP contribution >= 0.6 is 35.2 Å². The van der Waals surface area contributed by atoms with E-state index >= 15 is 0 Å². The van der Waals surface area contributed by atoms with E-state index in [1.807, 2.05) is 56.3 Å². The van der Waals surface area contributed by atoms with E-state index in [9.17, 15) is 4.79 Å². The van der Waals surface area contributed by atoms with Crippen LogP contribution in [0, 0.1) is 5.92 Å². The number of aromatic nitrogens is 1. The van der Waals surface area contributed by atoms with Gasteiger partial charge in [-0.1, -0.05) is 37.6 Å². The molecule has 0 unspecified atom stereocenters. The Bertz CT molecular complexity index is 1060. The lowest BCUT2D eigenvalue weighted by molar-refractivity contribution is -0.118. The number of rotatable bonds is 5. The van der Waals surface area contributed by atoms with Gasteiger partial charge in [-0.05, 0) is 54.0 Å². The number of nitrogens with one attached hydrogen (secondary N) is 2. The maximum atomic E-state index is 12.0. The minimum Gasteiger partial charge on any atom is -0.351 e. The molecule has 154 valence electrons. The average Bonchev–Trinajstić information content (AvgIpc) is 3.37. The number of amides is 1. The van der Waals surface area contributed by atoms with Gasteiger partial charge in [0.25, 0.3) is 0 Å². The number of halogens is 1. The predicted molar refractivity (Wildman–Crippen MR) is 127 cm³/mol. The van der Waals surface area contributed by atoms with E-state index in [-0.39, 0.29) is 23.9 Å². The van der Waals surface area contributed by atoms with E-state index in [0.29, 0.717) is 15.8 Å². The van der Waals surface area contributed by atoms with E-state index in [0.717, 1.165) is 11.4 Å². The molecule has 2 aromatic heterocycles. The molecule has 2 atom stereocenters. The van der Waals surface area contributed by atoms with Crippen molar-refractivity contribution in [1.29, 1.82) is 0 Å². The molecule has 1 aliphatic rings. The lowest BCUT2D eigenvalue weighted by Crippen LogP contribution is -2.29. The second-order valence-corrected chi connectivity index (χ2v) is 9.09. The average molecular weight is 457 g/mol. The first-order chi connectivity index (χ1) is 14.5. The van der Waals surface area contributed by atoms with Gasteiger partial charge in [-0.25, -0.2) is 0 Å². The molecule has 4 rings (SSSR count). The normalized spacial score (nSPS) is 18.5. The first-order valence-corrected chi connectivity index (χ1v) is 11.3. The fourth-order valence-corrected chi connectivity index (χ4v) is 4.83. The summed E-state index contributed by atoms with van der Waals surface area (Å²) in [6.07, 6.45) is 1.79. The van der Waals surface area contributed by atoms with Gasteiger partial charge in [0.15, 0.2) is 5.11 Å². The smallest absolute Gasteiger partial charge is 0.226 e. The molecule has 1 fully saturated rings. The van der Waals surface area contributed by atoms with Crippen LogP contribution in [0.5, 0.6) is 0 Å². The summed E-state index contributed by atoms with van der Waals surface area (Å²) in [5, 5.41) is 9.43. The Morgan fingerprint density at radius 2 is 2.10 bits per heavy atom. The van der Waals surface area contributed by atoms with Gasteiger partial charge >= 0.3 is 0 Å². The molecule has 5 nitrogen and oxygen atoms in total. The quantitative estimate of drug-likeness (QED) is 0.491. The molecule has 0 spiro atoms. The van der Waals surface area contributed by atoms with Crippen molar-refractivity contribution in [1.82, 2.24) is 10.3 Å². The van der Waals surface area contributed by atoms with E-state index in [1.54, 1.807) is 17.5 Å². The third-order valence-corrected chi connectivity index (χ3v) is 6.52. The Kier molecular flexibility index (Phi) is 6.04. The van der Waals surface area contributed by atoms with E-state index in [4.69, 9.17) is 23.8 Å². The van der Waals surface area contributed by atoms with E-state index in [1.165, 1.54) is 4.88 Å². The largest absolute Gasteiger partial charge is 0.351 e. The van der Waals surface area contributed by atoms with Crippen LogP contribution in [0.2, 0.25) is 5.02 Å². The van der Waals surface area contributed by atoms with Crippen molar-refractivity contribution in [2.75, 3.05) is 10.2 Å². The molecule has 1 aliphatic heterocycles. The highest BCUT2D eigenvalue weighted by molar-refractivity contribution is 7.80. The van der Waals surface area contributed by atoms with Crippen molar-refractivity contribution in [3.05, 3.63) is 75.7 Å². The monoisotopic (exact) mass is 456 g/mol. The van der Waals surface area contributed by atoms with Gasteiger partial charge < -0.3 is 15.5 Å². The number of thiocarbonyl (C=S) groups is 1. The van der Waals surface area contributed by atoms with Crippen molar-refractivity contribution < 1.29 is 4.79 Å². The van der Waals surface area contributed by atoms with Crippen LogP contribution in [0.3, 0.4) is 0 Å². The standard InChI is InChI=1S/C22H21ClN4OS2/c1-13(2)21(28)25-16-9-8-14(12-15(16)23)27-20(18-7-5-11-30-18)19(26-22(27)29)17-6-3-4-10-24-17/h3-13,19-20H,1-2H3,(H,25,28)(H,26,29)/t19-,20+/m0/s1. The summed E-state index contributed by atoms with van der Waals surface area (Å²) in [6, 6.07) is 15.5. The molecule has 2 N–H and O–H groups in total. The van der Waals surface area contributed by atoms with Gasteiger partial charge in [-0.3, -0.25) is 9.78 Å². The second-order valence-electron chi connectivity index (χ2n) is 7.32. The van der Waals surface area contributed by atoms with Crippen molar-refractivity contribution in [2.45, 2.75) is 25.9 Å². The highest BCUT2D eigenvalue weighted by Crippen LogP contribution is 2.44. The highest BCUT2D eigenvalue weighted by Gasteiger charge is 2.41. The molecular formula is C22H21ClN4OS2. The van der Waals surface area contributed by atoms with Crippen LogP contribution in [0.25, 0.3) is 0 Å². The first kappa shape index (κ1) is 20.8. The summed E-state index contributed by atoms with van der Waals surface area (Å²) in [5.41, 5.74) is 2.37. The summed E-state index contributed by atoms with van der Waals surface area (Å²) < 4.78 is 0. The molecule has 30 heavy (non-hydrogen) atoms. The molecular weight excluding hydrogens is 436 g/mol. The molecule has 0 saturated carbocycles. The number of carbonyl (C=O) groups excluding carboxylic acids is 1. The molecule has 0 bridgehead atoms. The maximum Gasteiger partial charge on any atom is 0.226 e. The topological polar surface area (TPSA) is 57.3 Å². The number of carbonyl (C=O) groups is 1. The Balaban J connectivity index is 1.71. The number of hydrogen-bond acceptors (Lipinski definition) is 4. The van der Waals surface area contributed by atoms with Crippen LogP contribution in [0.1, 0.15) is 36.5 Å². The van der Waals surface area contributed by atoms with Crippen LogP contribution < -0.4 is 15.5 Å². The SMILES string of the molecule is CC(C)C(=O)Nc1ccc(N2C(=S)N[C@@H](c3ccccn3)[C@H]2c2cccs2)cc1Cl. The van der Waals surface area contributed by atoms with Gasteiger partial charge in [0.2, 0.25) is 5.91 Å². The Morgan fingerprint density at radius 3 is 2.73 bits per heavy atom. The number of nitrogens with zero attached hydrogens (tertiary/aromatic N) is 2. The van der Waals surface area contributed by atoms with Gasteiger partial charge in [0.1, 0.15) is 0 Å². The van der Waals surface area contributed by atoms with Crippen LogP contribution in [-0.2, 0) is 4.79 Å². The third-order valence-electron chi connectivity index (χ3n) is 4.95. The predicted octanol–water partition coefficient (Wildman–Crippen LogP) is 5.57. The zero-order valence-corrected chi connectivity index (χ0v) is 18.9. The van der Waals surface area contributed by atoms with Gasteiger partial charge in [-0.15, -0.1) is 11.3 Å². The molecule has 0 aliphatic carbocycles. The molecule has 1 amide bonds. The fraction of sp³-hybridized carbons (Fsp3) is 0.227. The Labute approximate surface area is 190 Å². The summed E-state index contributed by atoms with van der Waals surface area (Å²) in [6.45, 7) is 3.69. The minimum atomic E-state index is -0.126. The number of hydrogen-bond donors (Lipinski definition) is 2. The van der Waals surface area contributed by atoms with Gasteiger partial charge in [0.05, 0.1) is 28.5 Å². The van der Waals surface area contributed by atoms with Gasteiger partial charge in [0, 0.05) is 22.7 Å². The highest BCUT2D eigenvalue weighted by atomic mass is 35.5. The Hall–Kier alpha value is -2.48. The van der Waals surface area contributed by atoms with Gasteiger partial charge in [-0.2, -0.15) is 0 Å². The molecule has 3 aromatic rings. The molecule has 0 radical (unpaired) electrons. The fourth-order valence-electron chi connectivity index (χ4n) is 3.41. The molecule has 1 aromatic carbocycles. The van der Waals surface area contributed by atoms with Crippen LogP contribution in [0.4, 0.5) is 11.4 Å². The summed E-state index contributed by atoms with van der Waals surface area (Å²) in [4.78, 5) is 19.8. The van der Waals surface area contributed by atoms with Crippen molar-refractivity contribution in [2.24, 2.45) is 5.92 Å². The number of pyridine rings is 1. The van der Waals surface area contributed by atoms with Crippen LogP contribution in [-0.4, -0.2) is 16.0 Å². The summed E-state index contributed by atoms with van der Waals surface area (Å²) >= 11 is 13.9. The zero-order chi connectivity index (χ0) is 21.3. The number of benzene rings is 1. The second kappa shape index (κ2) is 8.71. The zero-order valence-electron chi connectivity index (χ0n) is 16.5. The minimum absolute atomic E-state index is 0.0560.